The summed E-state index contributed by atoms with van der Waals surface area (Å²) in [5, 5.41) is 5.46. The number of thiocarbonyl (C=S) groups is 1. The largest absolute Gasteiger partial charge is 0.497 e. The number of ether oxygens (including phenoxy) is 2. The van der Waals surface area contributed by atoms with Gasteiger partial charge in [-0.1, -0.05) is 30.0 Å². The Labute approximate surface area is 161 Å². The second-order valence-corrected chi connectivity index (χ2v) is 6.93. The van der Waals surface area contributed by atoms with Crippen molar-refractivity contribution < 1.29 is 14.3 Å². The first-order valence-corrected chi connectivity index (χ1v) is 8.94. The number of thioether (sulfide) groups is 1. The summed E-state index contributed by atoms with van der Waals surface area (Å²) >= 11 is 6.51. The number of hydrogen-bond donors (Lipinski definition) is 0. The second-order valence-electron chi connectivity index (χ2n) is 5.25. The first kappa shape index (κ1) is 18.2. The number of carbonyl (C=O) groups is 1. The fraction of sp³-hybridized carbons (Fsp3) is 0.105. The van der Waals surface area contributed by atoms with Crippen LogP contribution >= 0.6 is 24.0 Å². The molecule has 0 aromatic heterocycles. The first-order valence-electron chi connectivity index (χ1n) is 7.71. The van der Waals surface area contributed by atoms with Crippen molar-refractivity contribution >= 4 is 46.5 Å². The summed E-state index contributed by atoms with van der Waals surface area (Å²) < 4.78 is 10.8. The number of hydrazone groups is 1. The third-order valence-corrected chi connectivity index (χ3v) is 4.92. The number of hydrogen-bond acceptors (Lipinski definition) is 6. The van der Waals surface area contributed by atoms with E-state index < -0.39 is 0 Å². The normalized spacial score (nSPS) is 15.9. The van der Waals surface area contributed by atoms with E-state index in [1.54, 1.807) is 26.5 Å². The molecule has 0 radical (unpaired) electrons. The van der Waals surface area contributed by atoms with Crippen molar-refractivity contribution in [1.29, 1.82) is 0 Å². The standard InChI is InChI=1S/C19H16N2O3S2/c1-23-15-9-7-13(8-10-15)12-20-21-18(22)17(26-19(21)25)11-14-5-3-4-6-16(14)24-2/h3-12H,1-2H3/b17-11-,20-12+. The minimum absolute atomic E-state index is 0.254. The SMILES string of the molecule is COc1ccc(/C=N/N2C(=O)/C(=C/c3ccccc3OC)SC2=S)cc1. The van der Waals surface area contributed by atoms with E-state index in [0.29, 0.717) is 15.0 Å². The molecule has 0 saturated carbocycles. The number of methoxy groups -OCH3 is 2. The molecule has 26 heavy (non-hydrogen) atoms. The fourth-order valence-electron chi connectivity index (χ4n) is 2.30. The van der Waals surface area contributed by atoms with Crippen LogP contribution in [-0.2, 0) is 4.79 Å². The average Bonchev–Trinajstić information content (AvgIpc) is 2.94. The number of nitrogens with zero attached hydrogens (tertiary/aromatic N) is 2. The maximum Gasteiger partial charge on any atom is 0.286 e. The fourth-order valence-corrected chi connectivity index (χ4v) is 3.46. The van der Waals surface area contributed by atoms with E-state index in [1.165, 1.54) is 16.8 Å². The Bertz CT molecular complexity index is 892. The zero-order valence-corrected chi connectivity index (χ0v) is 15.8. The first-order chi connectivity index (χ1) is 12.6. The average molecular weight is 384 g/mol. The maximum atomic E-state index is 12.6. The molecule has 1 aliphatic rings. The Morgan fingerprint density at radius 1 is 1.08 bits per heavy atom. The van der Waals surface area contributed by atoms with E-state index in [0.717, 1.165) is 16.9 Å². The smallest absolute Gasteiger partial charge is 0.286 e. The zero-order valence-electron chi connectivity index (χ0n) is 14.2. The lowest BCUT2D eigenvalue weighted by Gasteiger charge is -2.06. The molecule has 0 bridgehead atoms. The third kappa shape index (κ3) is 3.95. The van der Waals surface area contributed by atoms with Crippen LogP contribution in [0, 0.1) is 0 Å². The van der Waals surface area contributed by atoms with Crippen molar-refractivity contribution in [3.63, 3.8) is 0 Å². The molecule has 2 aromatic rings. The summed E-state index contributed by atoms with van der Waals surface area (Å²) in [5.41, 5.74) is 1.66. The van der Waals surface area contributed by atoms with Crippen LogP contribution in [-0.4, -0.2) is 35.7 Å². The summed E-state index contributed by atoms with van der Waals surface area (Å²) in [6.45, 7) is 0. The van der Waals surface area contributed by atoms with Gasteiger partial charge in [0.05, 0.1) is 25.3 Å². The highest BCUT2D eigenvalue weighted by atomic mass is 32.2. The molecule has 3 rings (SSSR count). The highest BCUT2D eigenvalue weighted by Crippen LogP contribution is 2.34. The predicted octanol–water partition coefficient (Wildman–Crippen LogP) is 3.94. The lowest BCUT2D eigenvalue weighted by molar-refractivity contribution is -0.122. The van der Waals surface area contributed by atoms with E-state index in [1.807, 2.05) is 48.5 Å². The van der Waals surface area contributed by atoms with Gasteiger partial charge < -0.3 is 9.47 Å². The van der Waals surface area contributed by atoms with Crippen molar-refractivity contribution in [2.24, 2.45) is 5.10 Å². The molecule has 1 amide bonds. The van der Waals surface area contributed by atoms with Crippen LogP contribution in [0.1, 0.15) is 11.1 Å². The molecule has 1 fully saturated rings. The lowest BCUT2D eigenvalue weighted by atomic mass is 10.2. The summed E-state index contributed by atoms with van der Waals surface area (Å²) in [4.78, 5) is 13.1. The van der Waals surface area contributed by atoms with Crippen molar-refractivity contribution in [2.45, 2.75) is 0 Å². The molecule has 0 unspecified atom stereocenters. The molecule has 0 N–H and O–H groups in total. The highest BCUT2D eigenvalue weighted by Gasteiger charge is 2.32. The van der Waals surface area contributed by atoms with Gasteiger partial charge in [0, 0.05) is 5.56 Å². The Morgan fingerprint density at radius 3 is 2.50 bits per heavy atom. The van der Waals surface area contributed by atoms with Crippen LogP contribution in [0.5, 0.6) is 11.5 Å². The number of para-hydroxylation sites is 1. The van der Waals surface area contributed by atoms with Crippen LogP contribution in [0.25, 0.3) is 6.08 Å². The lowest BCUT2D eigenvalue weighted by Crippen LogP contribution is -2.22. The zero-order chi connectivity index (χ0) is 18.5. The predicted molar refractivity (Wildman–Crippen MR) is 109 cm³/mol. The van der Waals surface area contributed by atoms with Gasteiger partial charge in [0.2, 0.25) is 0 Å². The molecule has 2 aromatic carbocycles. The number of amides is 1. The second kappa shape index (κ2) is 8.16. The van der Waals surface area contributed by atoms with Gasteiger partial charge in [0.1, 0.15) is 11.5 Å². The van der Waals surface area contributed by atoms with Crippen molar-refractivity contribution in [3.05, 3.63) is 64.6 Å². The van der Waals surface area contributed by atoms with Crippen LogP contribution in [0.4, 0.5) is 0 Å². The van der Waals surface area contributed by atoms with Crippen molar-refractivity contribution in [2.75, 3.05) is 14.2 Å². The van der Waals surface area contributed by atoms with Gasteiger partial charge in [0.15, 0.2) is 4.32 Å². The number of carbonyl (C=O) groups excluding carboxylic acids is 1. The molecule has 5 nitrogen and oxygen atoms in total. The van der Waals surface area contributed by atoms with Gasteiger partial charge in [-0.2, -0.15) is 10.1 Å². The van der Waals surface area contributed by atoms with E-state index in [-0.39, 0.29) is 5.91 Å². The molecule has 0 aliphatic carbocycles. The highest BCUT2D eigenvalue weighted by molar-refractivity contribution is 8.26. The van der Waals surface area contributed by atoms with E-state index >= 15 is 0 Å². The Balaban J connectivity index is 1.80. The van der Waals surface area contributed by atoms with Crippen LogP contribution in [0.3, 0.4) is 0 Å². The minimum Gasteiger partial charge on any atom is -0.497 e. The molecule has 1 aliphatic heterocycles. The van der Waals surface area contributed by atoms with E-state index in [2.05, 4.69) is 5.10 Å². The van der Waals surface area contributed by atoms with Gasteiger partial charge in [-0.25, -0.2) is 0 Å². The molecule has 132 valence electrons. The van der Waals surface area contributed by atoms with Gasteiger partial charge in [-0.3, -0.25) is 4.79 Å². The van der Waals surface area contributed by atoms with E-state index in [9.17, 15) is 4.79 Å². The van der Waals surface area contributed by atoms with Crippen molar-refractivity contribution in [1.82, 2.24) is 5.01 Å². The topological polar surface area (TPSA) is 51.1 Å². The summed E-state index contributed by atoms with van der Waals surface area (Å²) in [5.74, 6) is 1.20. The Kier molecular flexibility index (Phi) is 5.70. The van der Waals surface area contributed by atoms with Crippen LogP contribution in [0.2, 0.25) is 0 Å². The molecular formula is C19H16N2O3S2. The maximum absolute atomic E-state index is 12.6. The summed E-state index contributed by atoms with van der Waals surface area (Å²) in [7, 11) is 3.20. The number of rotatable bonds is 5. The van der Waals surface area contributed by atoms with Gasteiger partial charge >= 0.3 is 0 Å². The van der Waals surface area contributed by atoms with Gasteiger partial charge in [0.25, 0.3) is 5.91 Å². The van der Waals surface area contributed by atoms with Crippen LogP contribution < -0.4 is 9.47 Å². The molecule has 7 heteroatoms. The van der Waals surface area contributed by atoms with E-state index in [4.69, 9.17) is 21.7 Å². The molecule has 0 atom stereocenters. The van der Waals surface area contributed by atoms with Crippen LogP contribution in [0.15, 0.2) is 58.5 Å². The molecule has 1 saturated heterocycles. The third-order valence-electron chi connectivity index (χ3n) is 3.64. The molecule has 0 spiro atoms. The quantitative estimate of drug-likeness (QED) is 0.444. The Hall–Kier alpha value is -2.64. The Morgan fingerprint density at radius 2 is 1.81 bits per heavy atom. The monoisotopic (exact) mass is 384 g/mol. The summed E-state index contributed by atoms with van der Waals surface area (Å²) in [6.07, 6.45) is 3.36. The number of benzene rings is 2. The van der Waals surface area contributed by atoms with Gasteiger partial charge in [-0.15, -0.1) is 0 Å². The van der Waals surface area contributed by atoms with Gasteiger partial charge in [-0.05, 0) is 54.2 Å². The van der Waals surface area contributed by atoms with Crippen molar-refractivity contribution in [3.8, 4) is 11.5 Å². The minimum atomic E-state index is -0.254. The molecule has 1 heterocycles. The summed E-state index contributed by atoms with van der Waals surface area (Å²) in [6, 6.07) is 14.8. The molecular weight excluding hydrogens is 368 g/mol.